The van der Waals surface area contributed by atoms with Crippen LogP contribution in [0.3, 0.4) is 0 Å². The first-order chi connectivity index (χ1) is 7.38. The van der Waals surface area contributed by atoms with Gasteiger partial charge >= 0.3 is 0 Å². The minimum absolute atomic E-state index is 0. The summed E-state index contributed by atoms with van der Waals surface area (Å²) in [7, 11) is 0. The predicted molar refractivity (Wildman–Crippen MR) is 66.2 cm³/mol. The Bertz CT molecular complexity index is 297. The Hall–Kier alpha value is -0.740. The summed E-state index contributed by atoms with van der Waals surface area (Å²) in [5.41, 5.74) is 0. The van der Waals surface area contributed by atoms with Crippen molar-refractivity contribution in [3.8, 4) is 5.75 Å². The summed E-state index contributed by atoms with van der Waals surface area (Å²) in [4.78, 5) is 0. The van der Waals surface area contributed by atoms with Gasteiger partial charge in [0.15, 0.2) is 5.75 Å². The van der Waals surface area contributed by atoms with Crippen LogP contribution in [0.25, 0.3) is 0 Å². The normalized spacial score (nSPS) is 19.4. The molecule has 1 fully saturated rings. The Labute approximate surface area is 103 Å². The molecule has 1 saturated heterocycles. The van der Waals surface area contributed by atoms with Crippen molar-refractivity contribution < 1.29 is 4.74 Å². The summed E-state index contributed by atoms with van der Waals surface area (Å²) in [6.45, 7) is 6.14. The van der Waals surface area contributed by atoms with Crippen LogP contribution in [0.15, 0.2) is 12.4 Å². The largest absolute Gasteiger partial charge is 0.490 e. The number of rotatable bonds is 5. The van der Waals surface area contributed by atoms with Crippen molar-refractivity contribution in [3.05, 3.63) is 12.4 Å². The molecule has 1 atom stereocenters. The molecular formula is C11H20ClN3O. The van der Waals surface area contributed by atoms with Gasteiger partial charge in [0.05, 0.1) is 19.0 Å². The van der Waals surface area contributed by atoms with E-state index in [1.165, 1.54) is 6.42 Å². The van der Waals surface area contributed by atoms with Crippen LogP contribution in [0.5, 0.6) is 5.75 Å². The Morgan fingerprint density at radius 3 is 3.19 bits per heavy atom. The third kappa shape index (κ3) is 3.68. The predicted octanol–water partition coefficient (Wildman–Crippen LogP) is 1.70. The molecule has 1 aromatic rings. The van der Waals surface area contributed by atoms with Crippen molar-refractivity contribution in [2.24, 2.45) is 5.92 Å². The van der Waals surface area contributed by atoms with Gasteiger partial charge in [0.1, 0.15) is 0 Å². The number of hydrogen-bond donors (Lipinski definition) is 1. The lowest BCUT2D eigenvalue weighted by atomic mass is 10.1. The number of aromatic nitrogens is 2. The summed E-state index contributed by atoms with van der Waals surface area (Å²) in [6.07, 6.45) is 6.11. The second kappa shape index (κ2) is 6.76. The molecule has 1 unspecified atom stereocenters. The molecule has 5 heteroatoms. The van der Waals surface area contributed by atoms with E-state index in [4.69, 9.17) is 4.74 Å². The van der Waals surface area contributed by atoms with Crippen LogP contribution < -0.4 is 10.1 Å². The maximum absolute atomic E-state index is 5.69. The number of nitrogens with zero attached hydrogens (tertiary/aromatic N) is 2. The standard InChI is InChI=1S/C11H19N3O.ClH/c1-2-5-14-8-11(7-13-14)15-9-10-3-4-12-6-10;/h7-8,10,12H,2-6,9H2,1H3;1H. The van der Waals surface area contributed by atoms with E-state index in [1.54, 1.807) is 6.20 Å². The van der Waals surface area contributed by atoms with E-state index < -0.39 is 0 Å². The van der Waals surface area contributed by atoms with E-state index in [0.29, 0.717) is 5.92 Å². The summed E-state index contributed by atoms with van der Waals surface area (Å²) in [5, 5.41) is 7.56. The zero-order valence-corrected chi connectivity index (χ0v) is 10.5. The van der Waals surface area contributed by atoms with Gasteiger partial charge in [-0.15, -0.1) is 12.4 Å². The first-order valence-electron chi connectivity index (χ1n) is 5.74. The van der Waals surface area contributed by atoms with Crippen LogP contribution in [0.1, 0.15) is 19.8 Å². The molecule has 0 aliphatic carbocycles. The minimum atomic E-state index is 0. The first kappa shape index (κ1) is 13.3. The Kier molecular flexibility index (Phi) is 5.63. The van der Waals surface area contributed by atoms with Gasteiger partial charge in [-0.1, -0.05) is 6.92 Å². The topological polar surface area (TPSA) is 39.1 Å². The number of aryl methyl sites for hydroxylation is 1. The maximum atomic E-state index is 5.69. The van der Waals surface area contributed by atoms with Crippen LogP contribution in [0, 0.1) is 5.92 Å². The van der Waals surface area contributed by atoms with Crippen molar-refractivity contribution in [1.82, 2.24) is 15.1 Å². The monoisotopic (exact) mass is 245 g/mol. The summed E-state index contributed by atoms with van der Waals surface area (Å²) in [5.74, 6) is 1.56. The molecule has 92 valence electrons. The SMILES string of the molecule is CCCn1cc(OCC2CCNC2)cn1.Cl. The summed E-state index contributed by atoms with van der Waals surface area (Å²) >= 11 is 0. The lowest BCUT2D eigenvalue weighted by Gasteiger charge is -2.08. The fourth-order valence-corrected chi connectivity index (χ4v) is 1.84. The summed E-state index contributed by atoms with van der Waals surface area (Å²) < 4.78 is 7.63. The van der Waals surface area contributed by atoms with Crippen LogP contribution in [-0.4, -0.2) is 29.5 Å². The van der Waals surface area contributed by atoms with Crippen molar-refractivity contribution in [2.45, 2.75) is 26.3 Å². The second-order valence-corrected chi connectivity index (χ2v) is 4.11. The van der Waals surface area contributed by atoms with E-state index in [1.807, 2.05) is 10.9 Å². The molecule has 2 rings (SSSR count). The molecule has 0 radical (unpaired) electrons. The lowest BCUT2D eigenvalue weighted by molar-refractivity contribution is 0.260. The van der Waals surface area contributed by atoms with Crippen LogP contribution >= 0.6 is 12.4 Å². The average molecular weight is 246 g/mol. The fraction of sp³-hybridized carbons (Fsp3) is 0.727. The van der Waals surface area contributed by atoms with Gasteiger partial charge in [-0.05, 0) is 19.4 Å². The van der Waals surface area contributed by atoms with Crippen LogP contribution in [0.4, 0.5) is 0 Å². The molecule has 0 bridgehead atoms. The third-order valence-corrected chi connectivity index (χ3v) is 2.71. The van der Waals surface area contributed by atoms with E-state index in [9.17, 15) is 0 Å². The molecular weight excluding hydrogens is 226 g/mol. The third-order valence-electron chi connectivity index (χ3n) is 2.71. The van der Waals surface area contributed by atoms with Gasteiger partial charge in [-0.3, -0.25) is 4.68 Å². The first-order valence-corrected chi connectivity index (χ1v) is 5.74. The molecule has 0 saturated carbocycles. The number of ether oxygens (including phenoxy) is 1. The molecule has 1 N–H and O–H groups in total. The Balaban J connectivity index is 0.00000128. The van der Waals surface area contributed by atoms with E-state index in [-0.39, 0.29) is 12.4 Å². The van der Waals surface area contributed by atoms with Crippen molar-refractivity contribution in [1.29, 1.82) is 0 Å². The highest BCUT2D eigenvalue weighted by molar-refractivity contribution is 5.85. The molecule has 4 nitrogen and oxygen atoms in total. The van der Waals surface area contributed by atoms with Gasteiger partial charge in [0, 0.05) is 19.0 Å². The summed E-state index contributed by atoms with van der Waals surface area (Å²) in [6, 6.07) is 0. The number of hydrogen-bond acceptors (Lipinski definition) is 3. The van der Waals surface area contributed by atoms with E-state index in [2.05, 4.69) is 17.3 Å². The maximum Gasteiger partial charge on any atom is 0.157 e. The minimum Gasteiger partial charge on any atom is -0.490 e. The molecule has 0 aromatic carbocycles. The molecule has 1 aromatic heterocycles. The molecule has 1 aliphatic heterocycles. The zero-order chi connectivity index (χ0) is 10.5. The van der Waals surface area contributed by atoms with Crippen molar-refractivity contribution in [3.63, 3.8) is 0 Å². The quantitative estimate of drug-likeness (QED) is 0.859. The highest BCUT2D eigenvalue weighted by Crippen LogP contribution is 2.13. The van der Waals surface area contributed by atoms with Gasteiger partial charge in [0.25, 0.3) is 0 Å². The second-order valence-electron chi connectivity index (χ2n) is 4.11. The van der Waals surface area contributed by atoms with Crippen LogP contribution in [-0.2, 0) is 6.54 Å². The van der Waals surface area contributed by atoms with Crippen LogP contribution in [0.2, 0.25) is 0 Å². The Morgan fingerprint density at radius 1 is 1.62 bits per heavy atom. The number of halogens is 1. The Morgan fingerprint density at radius 2 is 2.50 bits per heavy atom. The molecule has 0 amide bonds. The van der Waals surface area contributed by atoms with Gasteiger partial charge < -0.3 is 10.1 Å². The highest BCUT2D eigenvalue weighted by atomic mass is 35.5. The van der Waals surface area contributed by atoms with Gasteiger partial charge in [-0.25, -0.2) is 0 Å². The molecule has 2 heterocycles. The van der Waals surface area contributed by atoms with Crippen molar-refractivity contribution >= 4 is 12.4 Å². The molecule has 1 aliphatic rings. The average Bonchev–Trinajstić information content (AvgIpc) is 2.85. The molecule has 0 spiro atoms. The smallest absolute Gasteiger partial charge is 0.157 e. The van der Waals surface area contributed by atoms with Crippen molar-refractivity contribution in [2.75, 3.05) is 19.7 Å². The highest BCUT2D eigenvalue weighted by Gasteiger charge is 2.15. The van der Waals surface area contributed by atoms with Gasteiger partial charge in [0.2, 0.25) is 0 Å². The fourth-order valence-electron chi connectivity index (χ4n) is 1.84. The van der Waals surface area contributed by atoms with Gasteiger partial charge in [-0.2, -0.15) is 5.10 Å². The zero-order valence-electron chi connectivity index (χ0n) is 9.69. The lowest BCUT2D eigenvalue weighted by Crippen LogP contribution is -2.15. The van der Waals surface area contributed by atoms with E-state index >= 15 is 0 Å². The molecule has 16 heavy (non-hydrogen) atoms. The van der Waals surface area contributed by atoms with E-state index in [0.717, 1.165) is 38.4 Å². The number of nitrogens with one attached hydrogen (secondary N) is 1.